The summed E-state index contributed by atoms with van der Waals surface area (Å²) < 4.78 is 12.3. The van der Waals surface area contributed by atoms with Gasteiger partial charge in [0.05, 0.1) is 0 Å². The van der Waals surface area contributed by atoms with Gasteiger partial charge in [-0.3, -0.25) is 0 Å². The van der Waals surface area contributed by atoms with Crippen LogP contribution in [0.5, 0.6) is 28.7 Å². The highest BCUT2D eigenvalue weighted by molar-refractivity contribution is 5.78. The fourth-order valence-electron chi connectivity index (χ4n) is 2.84. The number of para-hydroxylation sites is 4. The monoisotopic (exact) mass is 354 g/mol. The van der Waals surface area contributed by atoms with Gasteiger partial charge < -0.3 is 14.6 Å². The van der Waals surface area contributed by atoms with E-state index in [2.05, 4.69) is 0 Å². The minimum absolute atomic E-state index is 0.187. The maximum Gasteiger partial charge on any atom is 0.177 e. The first kappa shape index (κ1) is 16.7. The van der Waals surface area contributed by atoms with Gasteiger partial charge in [-0.1, -0.05) is 66.7 Å². The summed E-state index contributed by atoms with van der Waals surface area (Å²) in [5.74, 6) is 2.72. The van der Waals surface area contributed by atoms with E-state index in [9.17, 15) is 5.11 Å². The number of phenols is 1. The molecule has 4 aromatic rings. The van der Waals surface area contributed by atoms with E-state index in [1.165, 1.54) is 0 Å². The van der Waals surface area contributed by atoms with E-state index in [1.807, 2.05) is 91.0 Å². The third-order valence-corrected chi connectivity index (χ3v) is 4.11. The van der Waals surface area contributed by atoms with Crippen LogP contribution in [0.3, 0.4) is 0 Å². The van der Waals surface area contributed by atoms with Crippen molar-refractivity contribution < 1.29 is 14.6 Å². The number of hydrogen-bond donors (Lipinski definition) is 1. The summed E-state index contributed by atoms with van der Waals surface area (Å²) in [6.45, 7) is 0. The predicted molar refractivity (Wildman–Crippen MR) is 107 cm³/mol. The third-order valence-electron chi connectivity index (χ3n) is 4.11. The van der Waals surface area contributed by atoms with E-state index in [0.717, 1.165) is 5.56 Å². The van der Waals surface area contributed by atoms with Crippen LogP contribution in [-0.2, 0) is 0 Å². The average molecular weight is 354 g/mol. The number of phenolic OH excluding ortho intramolecular Hbond substituents is 1. The second kappa shape index (κ2) is 7.67. The van der Waals surface area contributed by atoms with E-state index >= 15 is 0 Å². The van der Waals surface area contributed by atoms with Crippen molar-refractivity contribution >= 4 is 0 Å². The summed E-state index contributed by atoms with van der Waals surface area (Å²) in [7, 11) is 0. The Kier molecular flexibility index (Phi) is 4.75. The van der Waals surface area contributed by atoms with E-state index < -0.39 is 0 Å². The quantitative estimate of drug-likeness (QED) is 0.436. The van der Waals surface area contributed by atoms with Gasteiger partial charge in [-0.2, -0.15) is 0 Å². The molecule has 0 aliphatic rings. The molecule has 3 nitrogen and oxygen atoms in total. The normalized spacial score (nSPS) is 10.4. The molecule has 132 valence electrons. The van der Waals surface area contributed by atoms with Gasteiger partial charge in [-0.05, 0) is 36.4 Å². The number of ether oxygens (including phenoxy) is 2. The molecule has 0 saturated carbocycles. The molecule has 4 rings (SSSR count). The fourth-order valence-corrected chi connectivity index (χ4v) is 2.84. The molecule has 27 heavy (non-hydrogen) atoms. The van der Waals surface area contributed by atoms with Crippen molar-refractivity contribution in [2.24, 2.45) is 0 Å². The van der Waals surface area contributed by atoms with Crippen LogP contribution in [0.4, 0.5) is 0 Å². The second-order valence-electron chi connectivity index (χ2n) is 5.98. The molecule has 0 aliphatic carbocycles. The first-order chi connectivity index (χ1) is 13.3. The summed E-state index contributed by atoms with van der Waals surface area (Å²) in [5.41, 5.74) is 1.44. The van der Waals surface area contributed by atoms with Crippen LogP contribution >= 0.6 is 0 Å². The Hall–Kier alpha value is -3.72. The minimum atomic E-state index is 0.187. The van der Waals surface area contributed by atoms with Gasteiger partial charge in [0.2, 0.25) is 0 Å². The standard InChI is InChI=1S/C24H18O3/c25-22-16-8-7-14-20(22)21-15-9-17-23(26-18-10-3-1-4-11-18)24(21)27-19-12-5-2-6-13-19/h1-17,25H. The van der Waals surface area contributed by atoms with Gasteiger partial charge in [-0.15, -0.1) is 0 Å². The Balaban J connectivity index is 1.83. The molecule has 0 unspecified atom stereocenters. The zero-order chi connectivity index (χ0) is 18.5. The molecule has 0 aliphatic heterocycles. The van der Waals surface area contributed by atoms with Crippen molar-refractivity contribution in [1.82, 2.24) is 0 Å². The molecular weight excluding hydrogens is 336 g/mol. The van der Waals surface area contributed by atoms with Gasteiger partial charge in [0.25, 0.3) is 0 Å². The zero-order valence-corrected chi connectivity index (χ0v) is 14.6. The Morgan fingerprint density at radius 1 is 0.481 bits per heavy atom. The molecule has 1 N–H and O–H groups in total. The lowest BCUT2D eigenvalue weighted by Gasteiger charge is -2.17. The van der Waals surface area contributed by atoms with E-state index in [4.69, 9.17) is 9.47 Å². The number of hydrogen-bond acceptors (Lipinski definition) is 3. The summed E-state index contributed by atoms with van der Waals surface area (Å²) in [5, 5.41) is 10.3. The van der Waals surface area contributed by atoms with E-state index in [0.29, 0.717) is 28.6 Å². The topological polar surface area (TPSA) is 38.7 Å². The maximum absolute atomic E-state index is 10.3. The molecule has 0 bridgehead atoms. The van der Waals surface area contributed by atoms with Gasteiger partial charge in [0, 0.05) is 11.1 Å². The average Bonchev–Trinajstić information content (AvgIpc) is 2.71. The molecular formula is C24H18O3. The summed E-state index contributed by atoms with van der Waals surface area (Å²) >= 11 is 0. The molecule has 4 aromatic carbocycles. The van der Waals surface area contributed by atoms with Crippen molar-refractivity contribution in [3.8, 4) is 39.9 Å². The summed E-state index contributed by atoms with van der Waals surface area (Å²) in [4.78, 5) is 0. The molecule has 0 amide bonds. The maximum atomic E-state index is 10.3. The Morgan fingerprint density at radius 2 is 1.04 bits per heavy atom. The minimum Gasteiger partial charge on any atom is -0.507 e. The SMILES string of the molecule is Oc1ccccc1-c1cccc(Oc2ccccc2)c1Oc1ccccc1. The molecule has 0 fully saturated rings. The number of rotatable bonds is 5. The molecule has 0 atom stereocenters. The first-order valence-electron chi connectivity index (χ1n) is 8.68. The lowest BCUT2D eigenvalue weighted by atomic mass is 10.0. The van der Waals surface area contributed by atoms with Crippen LogP contribution < -0.4 is 9.47 Å². The first-order valence-corrected chi connectivity index (χ1v) is 8.68. The van der Waals surface area contributed by atoms with Crippen molar-refractivity contribution in [1.29, 1.82) is 0 Å². The predicted octanol–water partition coefficient (Wildman–Crippen LogP) is 6.64. The van der Waals surface area contributed by atoms with Gasteiger partial charge in [0.15, 0.2) is 11.5 Å². The van der Waals surface area contributed by atoms with Crippen molar-refractivity contribution in [2.45, 2.75) is 0 Å². The van der Waals surface area contributed by atoms with Crippen LogP contribution in [0.1, 0.15) is 0 Å². The highest BCUT2D eigenvalue weighted by atomic mass is 16.5. The van der Waals surface area contributed by atoms with Gasteiger partial charge >= 0.3 is 0 Å². The van der Waals surface area contributed by atoms with Crippen molar-refractivity contribution in [3.63, 3.8) is 0 Å². The number of aromatic hydroxyl groups is 1. The second-order valence-corrected chi connectivity index (χ2v) is 5.98. The largest absolute Gasteiger partial charge is 0.507 e. The lowest BCUT2D eigenvalue weighted by Crippen LogP contribution is -1.93. The fraction of sp³-hybridized carbons (Fsp3) is 0. The summed E-state index contributed by atoms with van der Waals surface area (Å²) in [6, 6.07) is 31.9. The molecule has 3 heteroatoms. The van der Waals surface area contributed by atoms with Crippen LogP contribution in [0, 0.1) is 0 Å². The van der Waals surface area contributed by atoms with E-state index in [1.54, 1.807) is 12.1 Å². The molecule has 0 aromatic heterocycles. The van der Waals surface area contributed by atoms with Crippen LogP contribution in [0.2, 0.25) is 0 Å². The van der Waals surface area contributed by atoms with Crippen molar-refractivity contribution in [3.05, 3.63) is 103 Å². The molecule has 0 heterocycles. The van der Waals surface area contributed by atoms with Crippen LogP contribution in [0.25, 0.3) is 11.1 Å². The Labute approximate surface area is 158 Å². The molecule has 0 spiro atoms. The highest BCUT2D eigenvalue weighted by Crippen LogP contribution is 2.44. The van der Waals surface area contributed by atoms with Crippen molar-refractivity contribution in [2.75, 3.05) is 0 Å². The van der Waals surface area contributed by atoms with Gasteiger partial charge in [-0.25, -0.2) is 0 Å². The lowest BCUT2D eigenvalue weighted by molar-refractivity contribution is 0.419. The van der Waals surface area contributed by atoms with Crippen LogP contribution in [-0.4, -0.2) is 5.11 Å². The number of benzene rings is 4. The Bertz CT molecular complexity index is 1030. The molecule has 0 radical (unpaired) electrons. The third kappa shape index (κ3) is 3.77. The summed E-state index contributed by atoms with van der Waals surface area (Å²) in [6.07, 6.45) is 0. The van der Waals surface area contributed by atoms with Crippen LogP contribution in [0.15, 0.2) is 103 Å². The smallest absolute Gasteiger partial charge is 0.177 e. The van der Waals surface area contributed by atoms with Gasteiger partial charge in [0.1, 0.15) is 17.2 Å². The molecule has 0 saturated heterocycles. The highest BCUT2D eigenvalue weighted by Gasteiger charge is 2.17. The zero-order valence-electron chi connectivity index (χ0n) is 14.6. The van der Waals surface area contributed by atoms with E-state index in [-0.39, 0.29) is 5.75 Å². The Morgan fingerprint density at radius 3 is 1.70 bits per heavy atom.